The minimum absolute atomic E-state index is 0.122. The quantitative estimate of drug-likeness (QED) is 0.258. The number of aryl methyl sites for hydroxylation is 1. The summed E-state index contributed by atoms with van der Waals surface area (Å²) in [6.07, 6.45) is 3.41. The van der Waals surface area contributed by atoms with E-state index in [4.69, 9.17) is 4.74 Å². The van der Waals surface area contributed by atoms with Crippen molar-refractivity contribution in [2.24, 2.45) is 23.7 Å². The van der Waals surface area contributed by atoms with Crippen LogP contribution in [-0.2, 0) is 24.6 Å². The number of carbonyl (C=O) groups excluding carboxylic acids is 4. The summed E-state index contributed by atoms with van der Waals surface area (Å²) in [6, 6.07) is 24.5. The van der Waals surface area contributed by atoms with E-state index < -0.39 is 29.1 Å². The fourth-order valence-electron chi connectivity index (χ4n) is 8.55. The molecule has 242 valence electrons. The molecule has 3 aromatic carbocycles. The Morgan fingerprint density at radius 2 is 1.62 bits per heavy atom. The molecule has 9 nitrogen and oxygen atoms in total. The number of ether oxygens (including phenoxy) is 1. The van der Waals surface area contributed by atoms with Gasteiger partial charge in [-0.25, -0.2) is 0 Å². The number of hydrogen-bond acceptors (Lipinski definition) is 7. The van der Waals surface area contributed by atoms with Gasteiger partial charge in [0, 0.05) is 12.5 Å². The molecule has 6 atom stereocenters. The molecular weight excluding hydrogens is 594 g/mol. The molecule has 9 heteroatoms. The van der Waals surface area contributed by atoms with Gasteiger partial charge in [0.2, 0.25) is 11.8 Å². The predicted molar refractivity (Wildman–Crippen MR) is 175 cm³/mol. The van der Waals surface area contributed by atoms with E-state index in [-0.39, 0.29) is 49.2 Å². The van der Waals surface area contributed by atoms with Gasteiger partial charge >= 0.3 is 0 Å². The summed E-state index contributed by atoms with van der Waals surface area (Å²) in [4.78, 5) is 58.6. The number of carbonyl (C=O) groups is 4. The predicted octanol–water partition coefficient (Wildman–Crippen LogP) is 4.76. The first-order valence-electron chi connectivity index (χ1n) is 16.5. The number of likely N-dealkylation sites (tertiary alicyclic amines) is 1. The van der Waals surface area contributed by atoms with E-state index in [0.29, 0.717) is 30.8 Å². The van der Waals surface area contributed by atoms with E-state index in [9.17, 15) is 19.5 Å². The Balaban J connectivity index is 1.41. The number of nitrogens with zero attached hydrogens (tertiary/aromatic N) is 2. The van der Waals surface area contributed by atoms with Crippen LogP contribution in [0.2, 0.25) is 0 Å². The average Bonchev–Trinajstić information content (AvgIpc) is 3.46. The molecule has 2 heterocycles. The van der Waals surface area contributed by atoms with Crippen LogP contribution >= 0.6 is 0 Å². The summed E-state index contributed by atoms with van der Waals surface area (Å²) in [6.45, 7) is 4.31. The first-order chi connectivity index (χ1) is 22.8. The molecule has 2 saturated heterocycles. The minimum Gasteiger partial charge on any atom is -0.491 e. The third kappa shape index (κ3) is 4.78. The van der Waals surface area contributed by atoms with Gasteiger partial charge in [-0.05, 0) is 67.5 Å². The number of imide groups is 2. The summed E-state index contributed by atoms with van der Waals surface area (Å²) in [7, 11) is 0. The van der Waals surface area contributed by atoms with E-state index in [0.717, 1.165) is 22.3 Å². The maximum Gasteiger partial charge on any atom is 0.260 e. The normalized spacial score (nSPS) is 28.1. The van der Waals surface area contributed by atoms with Crippen LogP contribution in [0.15, 0.2) is 90.5 Å². The van der Waals surface area contributed by atoms with Crippen molar-refractivity contribution in [3.8, 4) is 5.75 Å². The number of allylic oxidation sites excluding steroid dienone is 2. The van der Waals surface area contributed by atoms with Crippen LogP contribution in [0.3, 0.4) is 0 Å². The smallest absolute Gasteiger partial charge is 0.260 e. The second kappa shape index (κ2) is 12.1. The number of hydrogen-bond donors (Lipinski definition) is 2. The second-order valence-corrected chi connectivity index (χ2v) is 13.1. The maximum absolute atomic E-state index is 15.1. The monoisotopic (exact) mass is 633 g/mol. The Kier molecular flexibility index (Phi) is 7.96. The third-order valence-electron chi connectivity index (χ3n) is 10.5. The van der Waals surface area contributed by atoms with Crippen molar-refractivity contribution in [3.05, 3.63) is 107 Å². The number of amides is 4. The summed E-state index contributed by atoms with van der Waals surface area (Å²) in [5.74, 6) is -3.29. The van der Waals surface area contributed by atoms with Gasteiger partial charge in [-0.3, -0.25) is 29.5 Å². The van der Waals surface area contributed by atoms with Crippen LogP contribution in [0.25, 0.3) is 0 Å². The molecule has 0 aromatic heterocycles. The van der Waals surface area contributed by atoms with Gasteiger partial charge in [0.25, 0.3) is 11.8 Å². The number of aliphatic hydroxyl groups is 1. The molecule has 2 N–H and O–H groups in total. The molecular formula is C38H39N3O6. The maximum atomic E-state index is 15.1. The fraction of sp³-hybridized carbons (Fsp3) is 0.368. The van der Waals surface area contributed by atoms with Crippen molar-refractivity contribution in [2.75, 3.05) is 25.2 Å². The molecule has 0 unspecified atom stereocenters. The number of benzene rings is 3. The Hall–Kier alpha value is -4.76. The molecule has 4 amide bonds. The number of fused-ring (bicyclic) bond motifs is 4. The van der Waals surface area contributed by atoms with Gasteiger partial charge in [0.1, 0.15) is 12.4 Å². The number of rotatable bonds is 9. The molecule has 0 spiro atoms. The van der Waals surface area contributed by atoms with Crippen LogP contribution in [0.4, 0.5) is 5.69 Å². The van der Waals surface area contributed by atoms with Gasteiger partial charge in [0.15, 0.2) is 0 Å². The van der Waals surface area contributed by atoms with Crippen molar-refractivity contribution < 1.29 is 29.0 Å². The molecule has 1 saturated carbocycles. The Morgan fingerprint density at radius 1 is 0.894 bits per heavy atom. The Morgan fingerprint density at radius 3 is 2.30 bits per heavy atom. The average molecular weight is 634 g/mol. The van der Waals surface area contributed by atoms with E-state index in [1.165, 1.54) is 9.91 Å². The topological polar surface area (TPSA) is 116 Å². The molecule has 47 heavy (non-hydrogen) atoms. The highest BCUT2D eigenvalue weighted by Crippen LogP contribution is 2.64. The van der Waals surface area contributed by atoms with Crippen molar-refractivity contribution in [3.63, 3.8) is 0 Å². The lowest BCUT2D eigenvalue weighted by Crippen LogP contribution is -2.53. The third-order valence-corrected chi connectivity index (χ3v) is 10.5. The van der Waals surface area contributed by atoms with Crippen molar-refractivity contribution in [1.82, 2.24) is 9.91 Å². The lowest BCUT2D eigenvalue weighted by molar-refractivity contribution is -0.141. The molecule has 0 bridgehead atoms. The first kappa shape index (κ1) is 30.9. The zero-order valence-electron chi connectivity index (χ0n) is 26.6. The number of hydrazine groups is 1. The molecule has 0 radical (unpaired) electrons. The lowest BCUT2D eigenvalue weighted by atomic mass is 9.49. The van der Waals surface area contributed by atoms with Gasteiger partial charge in [-0.2, -0.15) is 5.01 Å². The zero-order valence-corrected chi connectivity index (χ0v) is 26.6. The lowest BCUT2D eigenvalue weighted by Gasteiger charge is -2.50. The summed E-state index contributed by atoms with van der Waals surface area (Å²) >= 11 is 0. The van der Waals surface area contributed by atoms with Gasteiger partial charge < -0.3 is 9.84 Å². The van der Waals surface area contributed by atoms with Crippen LogP contribution in [0.1, 0.15) is 48.8 Å². The number of nitrogens with one attached hydrogen (secondary N) is 1. The first-order valence-corrected chi connectivity index (χ1v) is 16.5. The fourth-order valence-corrected chi connectivity index (χ4v) is 8.55. The Labute approximate surface area is 274 Å². The van der Waals surface area contributed by atoms with E-state index in [1.807, 2.05) is 92.7 Å². The molecule has 2 aliphatic heterocycles. The van der Waals surface area contributed by atoms with Gasteiger partial charge in [-0.1, -0.05) is 78.7 Å². The molecule has 3 aromatic rings. The molecule has 7 rings (SSSR count). The van der Waals surface area contributed by atoms with Crippen molar-refractivity contribution in [1.29, 1.82) is 0 Å². The van der Waals surface area contributed by atoms with Gasteiger partial charge in [0.05, 0.1) is 35.5 Å². The molecule has 3 fully saturated rings. The second-order valence-electron chi connectivity index (χ2n) is 13.1. The van der Waals surface area contributed by atoms with Crippen LogP contribution in [0, 0.1) is 30.6 Å². The molecule has 2 aliphatic carbocycles. The van der Waals surface area contributed by atoms with E-state index in [1.54, 1.807) is 0 Å². The van der Waals surface area contributed by atoms with Crippen molar-refractivity contribution >= 4 is 29.3 Å². The summed E-state index contributed by atoms with van der Waals surface area (Å²) in [5.41, 5.74) is 5.95. The van der Waals surface area contributed by atoms with Crippen LogP contribution in [0.5, 0.6) is 5.75 Å². The molecule has 4 aliphatic rings. The summed E-state index contributed by atoms with van der Waals surface area (Å²) < 4.78 is 5.66. The van der Waals surface area contributed by atoms with E-state index >= 15 is 4.79 Å². The number of anilines is 1. The highest BCUT2D eigenvalue weighted by atomic mass is 16.5. The van der Waals surface area contributed by atoms with Crippen LogP contribution in [-0.4, -0.2) is 58.4 Å². The highest BCUT2D eigenvalue weighted by Gasteiger charge is 2.70. The van der Waals surface area contributed by atoms with E-state index in [2.05, 4.69) is 11.5 Å². The zero-order chi connectivity index (χ0) is 32.9. The van der Waals surface area contributed by atoms with Crippen LogP contribution < -0.4 is 10.2 Å². The van der Waals surface area contributed by atoms with Crippen molar-refractivity contribution in [2.45, 2.75) is 44.4 Å². The standard InChI is InChI=1S/C38H39N3O6/c1-3-19-40-34(43)29-18-17-28-30(32(29)36(40)45)22-31-35(44)41(39-26-13-9-23(2)10-14-26)37(46)38(31,25-7-5-4-6-8-25)33(28)24-11-15-27(16-12-24)47-21-20-42/h4-17,29-33,39,42H,3,18-22H2,1-2H3/t29-,30+,31-,32-,33-,38+/m0/s1. The minimum atomic E-state index is -1.31. The van der Waals surface area contributed by atoms with Gasteiger partial charge in [-0.15, -0.1) is 0 Å². The number of aliphatic hydroxyl groups excluding tert-OH is 1. The summed E-state index contributed by atoms with van der Waals surface area (Å²) in [5, 5.41) is 10.5. The Bertz CT molecular complexity index is 1740. The SMILES string of the molecule is CCCN1C(=O)[C@H]2[C@H](CC=C3[C@H]2C[C@H]2C(=O)N(Nc4ccc(C)cc4)C(=O)[C@@]2(c2ccccc2)[C@H]3c2ccc(OCCO)cc2)C1=O. The largest absolute Gasteiger partial charge is 0.491 e. The highest BCUT2D eigenvalue weighted by molar-refractivity contribution is 6.13.